The van der Waals surface area contributed by atoms with Crippen molar-refractivity contribution >= 4 is 34.8 Å². The number of carbonyl (C=O) groups excluding carboxylic acids is 3. The van der Waals surface area contributed by atoms with Crippen LogP contribution >= 0.6 is 0 Å². The Morgan fingerprint density at radius 2 is 1.81 bits per heavy atom. The minimum absolute atomic E-state index is 0.0151. The number of nitrogens with zero attached hydrogens (tertiary/aromatic N) is 2. The van der Waals surface area contributed by atoms with Crippen LogP contribution in [0.2, 0.25) is 0 Å². The Balaban J connectivity index is 1.48. The molecule has 0 saturated carbocycles. The lowest BCUT2D eigenvalue weighted by Gasteiger charge is -2.29. The lowest BCUT2D eigenvalue weighted by Crippen LogP contribution is -2.36. The molecule has 162 valence electrons. The van der Waals surface area contributed by atoms with Crippen LogP contribution < -0.4 is 15.1 Å². The number of rotatable bonds is 6. The Morgan fingerprint density at radius 1 is 1.10 bits per heavy atom. The Hall–Kier alpha value is -3.39. The van der Waals surface area contributed by atoms with Crippen LogP contribution in [0.15, 0.2) is 48.5 Å². The first-order chi connectivity index (χ1) is 15.1. The standard InChI is InChI=1S/C23H25N3O5/c1-2-31-23(29)18-5-3-4-6-20(18)26-21(27)15-19(22(26)28)24-16-7-9-17(10-8-16)25-11-13-30-14-12-25/h3-10,19,24H,2,11-15H2,1H3. The van der Waals surface area contributed by atoms with Gasteiger partial charge in [0.25, 0.3) is 5.91 Å². The molecule has 8 heteroatoms. The van der Waals surface area contributed by atoms with Crippen LogP contribution in [0.4, 0.5) is 17.1 Å². The lowest BCUT2D eigenvalue weighted by atomic mass is 10.1. The fourth-order valence-corrected chi connectivity index (χ4v) is 3.84. The monoisotopic (exact) mass is 423 g/mol. The molecule has 1 unspecified atom stereocenters. The van der Waals surface area contributed by atoms with Gasteiger partial charge in [-0.3, -0.25) is 9.59 Å². The number of ether oxygens (including phenoxy) is 2. The predicted octanol–water partition coefficient (Wildman–Crippen LogP) is 2.44. The average Bonchev–Trinajstić information content (AvgIpc) is 3.07. The molecule has 2 heterocycles. The molecule has 4 rings (SSSR count). The van der Waals surface area contributed by atoms with E-state index in [2.05, 4.69) is 10.2 Å². The molecule has 0 aliphatic carbocycles. The third-order valence-corrected chi connectivity index (χ3v) is 5.37. The molecule has 1 atom stereocenters. The molecule has 0 spiro atoms. The topological polar surface area (TPSA) is 88.2 Å². The van der Waals surface area contributed by atoms with Crippen molar-refractivity contribution in [1.29, 1.82) is 0 Å². The zero-order valence-corrected chi connectivity index (χ0v) is 17.4. The van der Waals surface area contributed by atoms with Crippen LogP contribution in [0.1, 0.15) is 23.7 Å². The molecule has 0 aromatic heterocycles. The molecule has 1 N–H and O–H groups in total. The summed E-state index contributed by atoms with van der Waals surface area (Å²) < 4.78 is 10.4. The van der Waals surface area contributed by atoms with Gasteiger partial charge in [0.05, 0.1) is 37.5 Å². The van der Waals surface area contributed by atoms with E-state index in [4.69, 9.17) is 9.47 Å². The highest BCUT2D eigenvalue weighted by atomic mass is 16.5. The molecule has 2 fully saturated rings. The molecule has 8 nitrogen and oxygen atoms in total. The van der Waals surface area contributed by atoms with Crippen LogP contribution in [0.5, 0.6) is 0 Å². The maximum absolute atomic E-state index is 13.0. The van der Waals surface area contributed by atoms with E-state index in [1.807, 2.05) is 24.3 Å². The smallest absolute Gasteiger partial charge is 0.340 e. The number of hydrogen-bond acceptors (Lipinski definition) is 7. The van der Waals surface area contributed by atoms with E-state index in [1.54, 1.807) is 31.2 Å². The second-order valence-electron chi connectivity index (χ2n) is 7.35. The van der Waals surface area contributed by atoms with Gasteiger partial charge in [0.1, 0.15) is 6.04 Å². The Morgan fingerprint density at radius 3 is 2.52 bits per heavy atom. The molecule has 2 aromatic rings. The van der Waals surface area contributed by atoms with E-state index in [1.165, 1.54) is 0 Å². The van der Waals surface area contributed by atoms with Gasteiger partial charge in [0, 0.05) is 24.5 Å². The number of carbonyl (C=O) groups is 3. The van der Waals surface area contributed by atoms with E-state index in [0.717, 1.165) is 29.4 Å². The minimum Gasteiger partial charge on any atom is -0.462 e. The van der Waals surface area contributed by atoms with Gasteiger partial charge in [-0.25, -0.2) is 9.69 Å². The van der Waals surface area contributed by atoms with Crippen LogP contribution in [0, 0.1) is 0 Å². The van der Waals surface area contributed by atoms with E-state index >= 15 is 0 Å². The van der Waals surface area contributed by atoms with Gasteiger partial charge in [0.15, 0.2) is 0 Å². The SMILES string of the molecule is CCOC(=O)c1ccccc1N1C(=O)CC(Nc2ccc(N3CCOCC3)cc2)C1=O. The molecular formula is C23H25N3O5. The summed E-state index contributed by atoms with van der Waals surface area (Å²) in [6.45, 7) is 5.02. The van der Waals surface area contributed by atoms with E-state index in [9.17, 15) is 14.4 Å². The highest BCUT2D eigenvalue weighted by Gasteiger charge is 2.41. The summed E-state index contributed by atoms with van der Waals surface area (Å²) in [7, 11) is 0. The number of para-hydroxylation sites is 1. The number of imide groups is 1. The van der Waals surface area contributed by atoms with Crippen molar-refractivity contribution in [3.63, 3.8) is 0 Å². The number of hydrogen-bond donors (Lipinski definition) is 1. The third-order valence-electron chi connectivity index (χ3n) is 5.37. The lowest BCUT2D eigenvalue weighted by molar-refractivity contribution is -0.121. The Bertz CT molecular complexity index is 969. The number of anilines is 3. The summed E-state index contributed by atoms with van der Waals surface area (Å²) >= 11 is 0. The van der Waals surface area contributed by atoms with Crippen molar-refractivity contribution in [1.82, 2.24) is 0 Å². The predicted molar refractivity (Wildman–Crippen MR) is 116 cm³/mol. The van der Waals surface area contributed by atoms with Crippen molar-refractivity contribution in [2.45, 2.75) is 19.4 Å². The van der Waals surface area contributed by atoms with E-state index < -0.39 is 12.0 Å². The van der Waals surface area contributed by atoms with Gasteiger partial charge in [-0.05, 0) is 43.3 Å². The maximum Gasteiger partial charge on any atom is 0.340 e. The normalized spacial score (nSPS) is 18.9. The summed E-state index contributed by atoms with van der Waals surface area (Å²) in [5.41, 5.74) is 2.29. The second kappa shape index (κ2) is 9.18. The van der Waals surface area contributed by atoms with Crippen LogP contribution in [-0.2, 0) is 19.1 Å². The first-order valence-electron chi connectivity index (χ1n) is 10.4. The summed E-state index contributed by atoms with van der Waals surface area (Å²) in [6.07, 6.45) is 0.0151. The molecule has 2 amide bonds. The quantitative estimate of drug-likeness (QED) is 0.564. The Kier molecular flexibility index (Phi) is 6.18. The minimum atomic E-state index is -0.697. The molecule has 2 aliphatic heterocycles. The van der Waals surface area contributed by atoms with E-state index in [-0.39, 0.29) is 36.1 Å². The van der Waals surface area contributed by atoms with Gasteiger partial charge in [-0.15, -0.1) is 0 Å². The van der Waals surface area contributed by atoms with Gasteiger partial charge in [-0.1, -0.05) is 12.1 Å². The number of esters is 1. The van der Waals surface area contributed by atoms with Crippen molar-refractivity contribution in [2.24, 2.45) is 0 Å². The summed E-state index contributed by atoms with van der Waals surface area (Å²) in [5, 5.41) is 3.15. The van der Waals surface area contributed by atoms with Crippen molar-refractivity contribution in [3.8, 4) is 0 Å². The highest BCUT2D eigenvalue weighted by molar-refractivity contribution is 6.24. The molecule has 31 heavy (non-hydrogen) atoms. The molecule has 2 saturated heterocycles. The molecule has 0 bridgehead atoms. The van der Waals surface area contributed by atoms with Gasteiger partial charge in [0.2, 0.25) is 5.91 Å². The zero-order valence-electron chi connectivity index (χ0n) is 17.4. The zero-order chi connectivity index (χ0) is 21.8. The maximum atomic E-state index is 13.0. The van der Waals surface area contributed by atoms with Gasteiger partial charge >= 0.3 is 5.97 Å². The average molecular weight is 423 g/mol. The first-order valence-corrected chi connectivity index (χ1v) is 10.4. The number of morpholine rings is 1. The van der Waals surface area contributed by atoms with Crippen LogP contribution in [0.3, 0.4) is 0 Å². The fourth-order valence-electron chi connectivity index (χ4n) is 3.84. The van der Waals surface area contributed by atoms with Gasteiger partial charge < -0.3 is 19.7 Å². The van der Waals surface area contributed by atoms with Crippen molar-refractivity contribution < 1.29 is 23.9 Å². The number of nitrogens with one attached hydrogen (secondary N) is 1. The van der Waals surface area contributed by atoms with E-state index in [0.29, 0.717) is 13.2 Å². The van der Waals surface area contributed by atoms with Crippen LogP contribution in [0.25, 0.3) is 0 Å². The number of benzene rings is 2. The third kappa shape index (κ3) is 4.39. The van der Waals surface area contributed by atoms with Crippen molar-refractivity contribution in [3.05, 3.63) is 54.1 Å². The first kappa shape index (κ1) is 20.9. The summed E-state index contributed by atoms with van der Waals surface area (Å²) in [5.74, 6) is -1.31. The largest absolute Gasteiger partial charge is 0.462 e. The van der Waals surface area contributed by atoms with Gasteiger partial charge in [-0.2, -0.15) is 0 Å². The van der Waals surface area contributed by atoms with Crippen LogP contribution in [-0.4, -0.2) is 56.7 Å². The fraction of sp³-hybridized carbons (Fsp3) is 0.348. The summed E-state index contributed by atoms with van der Waals surface area (Å²) in [4.78, 5) is 41.3. The molecular weight excluding hydrogens is 398 g/mol. The molecule has 2 aliphatic rings. The second-order valence-corrected chi connectivity index (χ2v) is 7.35. The summed E-state index contributed by atoms with van der Waals surface area (Å²) in [6, 6.07) is 13.6. The highest BCUT2D eigenvalue weighted by Crippen LogP contribution is 2.29. The Labute approximate surface area is 180 Å². The molecule has 2 aromatic carbocycles. The molecule has 0 radical (unpaired) electrons. The van der Waals surface area contributed by atoms with Crippen molar-refractivity contribution in [2.75, 3.05) is 48.0 Å². The number of amides is 2.